The van der Waals surface area contributed by atoms with Crippen LogP contribution in [0.5, 0.6) is 0 Å². The average molecular weight is 313 g/mol. The Morgan fingerprint density at radius 1 is 1.30 bits per heavy atom. The van der Waals surface area contributed by atoms with Crippen LogP contribution in [0.3, 0.4) is 0 Å². The van der Waals surface area contributed by atoms with E-state index in [0.717, 1.165) is 21.3 Å². The van der Waals surface area contributed by atoms with E-state index in [-0.39, 0.29) is 18.2 Å². The number of aromatic nitrogens is 3. The molecule has 0 aliphatic rings. The quantitative estimate of drug-likeness (QED) is 0.856. The van der Waals surface area contributed by atoms with Crippen molar-refractivity contribution in [3.63, 3.8) is 0 Å². The zero-order valence-electron chi connectivity index (χ0n) is 11.4. The highest BCUT2D eigenvalue weighted by atomic mass is 35.5. The smallest absolute Gasteiger partial charge is 0.183 e. The number of nitrogens with zero attached hydrogens (tertiary/aromatic N) is 3. The van der Waals surface area contributed by atoms with Crippen molar-refractivity contribution in [3.05, 3.63) is 39.4 Å². The molecule has 0 fully saturated rings. The molecule has 2 rings (SSSR count). The van der Waals surface area contributed by atoms with E-state index in [1.807, 2.05) is 20.0 Å². The standard InChI is InChI=1S/C13H16N4OS.ClH/c1-8-11(5-14)16-7-12(17-8)13(18)4-3-10-6-15-9(2)19-10;/h6-7H,3-5,14H2,1-2H3;1H. The number of hydrogen-bond donors (Lipinski definition) is 1. The molecule has 0 radical (unpaired) electrons. The Labute approximate surface area is 128 Å². The molecule has 0 aliphatic carbocycles. The van der Waals surface area contributed by atoms with E-state index < -0.39 is 0 Å². The number of halogens is 1. The lowest BCUT2D eigenvalue weighted by Gasteiger charge is -2.04. The van der Waals surface area contributed by atoms with Crippen LogP contribution in [0.4, 0.5) is 0 Å². The summed E-state index contributed by atoms with van der Waals surface area (Å²) in [7, 11) is 0. The second kappa shape index (κ2) is 7.42. The van der Waals surface area contributed by atoms with Crippen molar-refractivity contribution in [1.82, 2.24) is 15.0 Å². The van der Waals surface area contributed by atoms with Gasteiger partial charge >= 0.3 is 0 Å². The van der Waals surface area contributed by atoms with Crippen LogP contribution in [0.25, 0.3) is 0 Å². The average Bonchev–Trinajstić information content (AvgIpc) is 2.81. The summed E-state index contributed by atoms with van der Waals surface area (Å²) in [6.07, 6.45) is 4.46. The maximum atomic E-state index is 12.0. The molecule has 0 aromatic carbocycles. The van der Waals surface area contributed by atoms with Crippen LogP contribution in [0.1, 0.15) is 38.2 Å². The molecule has 0 saturated heterocycles. The van der Waals surface area contributed by atoms with Crippen LogP contribution in [0.15, 0.2) is 12.4 Å². The van der Waals surface area contributed by atoms with Crippen molar-refractivity contribution >= 4 is 29.5 Å². The minimum absolute atomic E-state index is 0. The number of rotatable bonds is 5. The molecule has 2 N–H and O–H groups in total. The van der Waals surface area contributed by atoms with Gasteiger partial charge in [0.15, 0.2) is 5.78 Å². The maximum Gasteiger partial charge on any atom is 0.183 e. The molecule has 2 heterocycles. The molecule has 7 heteroatoms. The highest BCUT2D eigenvalue weighted by Crippen LogP contribution is 2.15. The molecule has 108 valence electrons. The lowest BCUT2D eigenvalue weighted by molar-refractivity contribution is 0.0977. The first-order chi connectivity index (χ1) is 9.10. The van der Waals surface area contributed by atoms with Gasteiger partial charge in [0.05, 0.1) is 22.6 Å². The van der Waals surface area contributed by atoms with E-state index in [4.69, 9.17) is 5.73 Å². The third-order valence-corrected chi connectivity index (χ3v) is 3.77. The first-order valence-electron chi connectivity index (χ1n) is 6.07. The molecule has 0 amide bonds. The summed E-state index contributed by atoms with van der Waals surface area (Å²) >= 11 is 1.62. The van der Waals surface area contributed by atoms with Gasteiger partial charge in [-0.25, -0.2) is 9.97 Å². The van der Waals surface area contributed by atoms with Crippen LogP contribution < -0.4 is 5.73 Å². The lowest BCUT2D eigenvalue weighted by Crippen LogP contribution is -2.10. The number of nitrogens with two attached hydrogens (primary N) is 1. The van der Waals surface area contributed by atoms with E-state index in [9.17, 15) is 4.79 Å². The van der Waals surface area contributed by atoms with Crippen molar-refractivity contribution in [1.29, 1.82) is 0 Å². The van der Waals surface area contributed by atoms with Gasteiger partial charge in [0.25, 0.3) is 0 Å². The second-order valence-corrected chi connectivity index (χ2v) is 5.58. The van der Waals surface area contributed by atoms with Crippen molar-refractivity contribution in [2.45, 2.75) is 33.2 Å². The molecule has 0 aliphatic heterocycles. The molecule has 0 spiro atoms. The second-order valence-electron chi connectivity index (χ2n) is 4.26. The molecule has 0 atom stereocenters. The van der Waals surface area contributed by atoms with E-state index >= 15 is 0 Å². The first-order valence-corrected chi connectivity index (χ1v) is 6.89. The third-order valence-electron chi connectivity index (χ3n) is 2.80. The van der Waals surface area contributed by atoms with Gasteiger partial charge in [-0.05, 0) is 20.3 Å². The Morgan fingerprint density at radius 3 is 2.60 bits per heavy atom. The Morgan fingerprint density at radius 2 is 2.05 bits per heavy atom. The number of thiazole rings is 1. The van der Waals surface area contributed by atoms with Crippen molar-refractivity contribution in [2.75, 3.05) is 0 Å². The van der Waals surface area contributed by atoms with E-state index in [1.54, 1.807) is 11.3 Å². The summed E-state index contributed by atoms with van der Waals surface area (Å²) < 4.78 is 0. The Kier molecular flexibility index (Phi) is 6.19. The van der Waals surface area contributed by atoms with Gasteiger partial charge in [0, 0.05) is 24.0 Å². The molecule has 20 heavy (non-hydrogen) atoms. The topological polar surface area (TPSA) is 81.8 Å². The van der Waals surface area contributed by atoms with Crippen LogP contribution in [0.2, 0.25) is 0 Å². The summed E-state index contributed by atoms with van der Waals surface area (Å²) in [6.45, 7) is 4.11. The fourth-order valence-electron chi connectivity index (χ4n) is 1.73. The summed E-state index contributed by atoms with van der Waals surface area (Å²) in [5.74, 6) is 0.00484. The molecule has 2 aromatic rings. The van der Waals surface area contributed by atoms with Crippen molar-refractivity contribution in [3.8, 4) is 0 Å². The molecule has 0 saturated carbocycles. The molecule has 2 aromatic heterocycles. The van der Waals surface area contributed by atoms with E-state index in [2.05, 4.69) is 15.0 Å². The SMILES string of the molecule is Cc1ncc(CCC(=O)c2cnc(CN)c(C)n2)s1.Cl. The minimum atomic E-state index is 0. The Bertz CT molecular complexity index is 600. The Balaban J connectivity index is 0.00000200. The van der Waals surface area contributed by atoms with Crippen molar-refractivity contribution < 1.29 is 4.79 Å². The zero-order chi connectivity index (χ0) is 13.8. The predicted octanol–water partition coefficient (Wildman–Crippen LogP) is 2.25. The molecular formula is C13H17ClN4OS. The number of Topliss-reactive ketones (excluding diaryl/α,β-unsaturated/α-hetero) is 1. The van der Waals surface area contributed by atoms with Gasteiger partial charge in [0.2, 0.25) is 0 Å². The van der Waals surface area contributed by atoms with Gasteiger partial charge in [0.1, 0.15) is 5.69 Å². The highest BCUT2D eigenvalue weighted by Gasteiger charge is 2.11. The van der Waals surface area contributed by atoms with Crippen LogP contribution in [-0.2, 0) is 13.0 Å². The normalized spacial score (nSPS) is 10.2. The number of hydrogen-bond acceptors (Lipinski definition) is 6. The molecule has 5 nitrogen and oxygen atoms in total. The fraction of sp³-hybridized carbons (Fsp3) is 0.385. The van der Waals surface area contributed by atoms with E-state index in [1.165, 1.54) is 6.20 Å². The maximum absolute atomic E-state index is 12.0. The van der Waals surface area contributed by atoms with Gasteiger partial charge in [-0.15, -0.1) is 23.7 Å². The summed E-state index contributed by atoms with van der Waals surface area (Å²) in [5.41, 5.74) is 7.39. The molecular weight excluding hydrogens is 296 g/mol. The third kappa shape index (κ3) is 4.06. The van der Waals surface area contributed by atoms with Gasteiger partial charge < -0.3 is 5.73 Å². The number of ketones is 1. The van der Waals surface area contributed by atoms with Crippen LogP contribution in [0, 0.1) is 13.8 Å². The monoisotopic (exact) mass is 312 g/mol. The summed E-state index contributed by atoms with van der Waals surface area (Å²) in [4.78, 5) is 25.7. The van der Waals surface area contributed by atoms with Gasteiger partial charge in [-0.1, -0.05) is 0 Å². The first kappa shape index (κ1) is 16.7. The number of aryl methyl sites for hydroxylation is 3. The Hall–Kier alpha value is -1.37. The van der Waals surface area contributed by atoms with E-state index in [0.29, 0.717) is 25.1 Å². The minimum Gasteiger partial charge on any atom is -0.325 e. The highest BCUT2D eigenvalue weighted by molar-refractivity contribution is 7.11. The summed E-state index contributed by atoms with van der Waals surface area (Å²) in [6, 6.07) is 0. The molecule has 0 unspecified atom stereocenters. The van der Waals surface area contributed by atoms with Gasteiger partial charge in [-0.3, -0.25) is 9.78 Å². The van der Waals surface area contributed by atoms with Crippen LogP contribution >= 0.6 is 23.7 Å². The van der Waals surface area contributed by atoms with Crippen molar-refractivity contribution in [2.24, 2.45) is 5.73 Å². The fourth-order valence-corrected chi connectivity index (χ4v) is 2.52. The van der Waals surface area contributed by atoms with Crippen LogP contribution in [-0.4, -0.2) is 20.7 Å². The van der Waals surface area contributed by atoms with Gasteiger partial charge in [-0.2, -0.15) is 0 Å². The number of carbonyl (C=O) groups excluding carboxylic acids is 1. The predicted molar refractivity (Wildman–Crippen MR) is 81.4 cm³/mol. The largest absolute Gasteiger partial charge is 0.325 e. The summed E-state index contributed by atoms with van der Waals surface area (Å²) in [5, 5.41) is 1.02. The number of carbonyl (C=O) groups is 1. The molecule has 0 bridgehead atoms. The zero-order valence-corrected chi connectivity index (χ0v) is 13.1. The lowest BCUT2D eigenvalue weighted by atomic mass is 10.1.